The normalized spacial score (nSPS) is 17.9. The molecule has 0 aromatic carbocycles. The van der Waals surface area contributed by atoms with Gasteiger partial charge in [-0.1, -0.05) is 6.08 Å². The average molecular weight is 448 g/mol. The van der Waals surface area contributed by atoms with E-state index in [-0.39, 0.29) is 5.95 Å². The zero-order chi connectivity index (χ0) is 22.4. The molecule has 0 spiro atoms. The van der Waals surface area contributed by atoms with Gasteiger partial charge in [0, 0.05) is 51.3 Å². The van der Waals surface area contributed by atoms with Gasteiger partial charge in [-0.25, -0.2) is 9.67 Å². The zero-order valence-corrected chi connectivity index (χ0v) is 18.2. The van der Waals surface area contributed by atoms with E-state index >= 15 is 0 Å². The van der Waals surface area contributed by atoms with Gasteiger partial charge in [0.05, 0.1) is 24.4 Å². The molecule has 0 radical (unpaired) electrons. The number of ketones is 1. The van der Waals surface area contributed by atoms with Gasteiger partial charge in [-0.05, 0) is 18.6 Å². The molecular weight excluding hydrogens is 422 g/mol. The van der Waals surface area contributed by atoms with E-state index < -0.39 is 0 Å². The quantitative estimate of drug-likeness (QED) is 0.485. The minimum Gasteiger partial charge on any atom is -0.461 e. The first-order valence-electron chi connectivity index (χ1n) is 11.3. The van der Waals surface area contributed by atoms with Crippen LogP contribution in [0.5, 0.6) is 0 Å². The number of nitrogen functional groups attached to an aromatic ring is 1. The summed E-state index contributed by atoms with van der Waals surface area (Å²) >= 11 is 0. The van der Waals surface area contributed by atoms with Crippen molar-refractivity contribution in [3.05, 3.63) is 36.4 Å². The summed E-state index contributed by atoms with van der Waals surface area (Å²) in [6, 6.07) is 3.60. The SMILES string of the molecule is Nc1nc2c(cnn2CCN2CCN(C3=CCC(=O)CC3)CC2)c2nc(-c3ccco3)nn12. The number of hydrogen-bond donors (Lipinski definition) is 1. The monoisotopic (exact) mass is 447 g/mol. The highest BCUT2D eigenvalue weighted by Gasteiger charge is 2.22. The number of furan rings is 1. The molecule has 0 atom stereocenters. The van der Waals surface area contributed by atoms with Crippen molar-refractivity contribution < 1.29 is 9.21 Å². The molecule has 5 heterocycles. The number of nitrogens with zero attached hydrogens (tertiary/aromatic N) is 8. The molecule has 6 rings (SSSR count). The minimum absolute atomic E-state index is 0.261. The predicted octanol–water partition coefficient (Wildman–Crippen LogP) is 1.57. The van der Waals surface area contributed by atoms with E-state index in [1.54, 1.807) is 18.5 Å². The highest BCUT2D eigenvalue weighted by atomic mass is 16.3. The summed E-state index contributed by atoms with van der Waals surface area (Å²) in [5.74, 6) is 1.65. The number of piperazine rings is 1. The van der Waals surface area contributed by atoms with E-state index in [9.17, 15) is 4.79 Å². The van der Waals surface area contributed by atoms with E-state index in [2.05, 4.69) is 36.0 Å². The summed E-state index contributed by atoms with van der Waals surface area (Å²) in [4.78, 5) is 25.5. The molecule has 2 N–H and O–H groups in total. The van der Waals surface area contributed by atoms with Gasteiger partial charge in [0.1, 0.15) is 5.78 Å². The molecule has 0 amide bonds. The summed E-state index contributed by atoms with van der Waals surface area (Å²) in [5, 5.41) is 9.79. The Bertz CT molecular complexity index is 1340. The summed E-state index contributed by atoms with van der Waals surface area (Å²) < 4.78 is 8.83. The second kappa shape index (κ2) is 8.00. The molecule has 2 aliphatic rings. The van der Waals surface area contributed by atoms with Crippen LogP contribution in [0.3, 0.4) is 0 Å². The first kappa shape index (κ1) is 19.9. The number of Topliss-reactive ketones (excluding diaryl/α,β-unsaturated/α-hetero) is 1. The second-order valence-corrected chi connectivity index (χ2v) is 8.49. The molecule has 170 valence electrons. The van der Waals surface area contributed by atoms with Gasteiger partial charge >= 0.3 is 0 Å². The maximum Gasteiger partial charge on any atom is 0.225 e. The summed E-state index contributed by atoms with van der Waals surface area (Å²) in [6.07, 6.45) is 7.60. The predicted molar refractivity (Wildman–Crippen MR) is 121 cm³/mol. The van der Waals surface area contributed by atoms with Crippen molar-refractivity contribution in [2.75, 3.05) is 38.5 Å². The molecule has 4 aromatic rings. The maximum absolute atomic E-state index is 11.5. The third-order valence-electron chi connectivity index (χ3n) is 6.47. The summed E-state index contributed by atoms with van der Waals surface area (Å²) in [6.45, 7) is 5.53. The zero-order valence-electron chi connectivity index (χ0n) is 18.2. The first-order valence-corrected chi connectivity index (χ1v) is 11.3. The number of rotatable bonds is 5. The fourth-order valence-electron chi connectivity index (χ4n) is 4.62. The van der Waals surface area contributed by atoms with E-state index in [4.69, 9.17) is 10.2 Å². The lowest BCUT2D eigenvalue weighted by Crippen LogP contribution is -2.47. The molecule has 4 aromatic heterocycles. The second-order valence-electron chi connectivity index (χ2n) is 8.49. The third-order valence-corrected chi connectivity index (χ3v) is 6.47. The Morgan fingerprint density at radius 2 is 1.94 bits per heavy atom. The molecule has 33 heavy (non-hydrogen) atoms. The van der Waals surface area contributed by atoms with Crippen LogP contribution in [0.15, 0.2) is 40.8 Å². The molecule has 0 unspecified atom stereocenters. The molecule has 0 saturated carbocycles. The number of allylic oxidation sites excluding steroid dienone is 2. The standard InChI is InChI=1S/C22H25N9O2/c23-22-26-20-17(21-25-19(27-31(21)22)18-2-1-13-33-18)14-24-30(20)12-9-28-7-10-29(11-8-28)15-3-5-16(32)6-4-15/h1-3,13-14H,4-12H2,(H2,23,26). The Hall–Kier alpha value is -3.73. The summed E-state index contributed by atoms with van der Waals surface area (Å²) in [5.41, 5.74) is 8.83. The minimum atomic E-state index is 0.261. The topological polar surface area (TPSA) is 124 Å². The lowest BCUT2D eigenvalue weighted by atomic mass is 10.0. The van der Waals surface area contributed by atoms with Gasteiger partial charge < -0.3 is 15.1 Å². The van der Waals surface area contributed by atoms with Crippen LogP contribution in [-0.4, -0.2) is 77.7 Å². The number of aromatic nitrogens is 6. The van der Waals surface area contributed by atoms with Gasteiger partial charge in [-0.3, -0.25) is 9.69 Å². The van der Waals surface area contributed by atoms with Crippen LogP contribution in [0, 0.1) is 0 Å². The van der Waals surface area contributed by atoms with Crippen molar-refractivity contribution in [1.82, 2.24) is 39.2 Å². The number of nitrogens with two attached hydrogens (primary N) is 1. The van der Waals surface area contributed by atoms with Crippen molar-refractivity contribution in [3.8, 4) is 11.6 Å². The van der Waals surface area contributed by atoms with Crippen LogP contribution >= 0.6 is 0 Å². The Balaban J connectivity index is 1.16. The molecule has 1 aliphatic heterocycles. The Labute approximate surface area is 189 Å². The lowest BCUT2D eigenvalue weighted by molar-refractivity contribution is -0.118. The van der Waals surface area contributed by atoms with Crippen molar-refractivity contribution in [1.29, 1.82) is 0 Å². The van der Waals surface area contributed by atoms with Crippen molar-refractivity contribution >= 4 is 28.4 Å². The Morgan fingerprint density at radius 3 is 2.70 bits per heavy atom. The van der Waals surface area contributed by atoms with E-state index in [0.29, 0.717) is 48.0 Å². The molecule has 1 saturated heterocycles. The number of carbonyl (C=O) groups excluding carboxylic acids is 1. The molecule has 0 bridgehead atoms. The number of carbonyl (C=O) groups is 1. The van der Waals surface area contributed by atoms with Gasteiger partial charge in [-0.15, -0.1) is 5.10 Å². The Kier molecular flexibility index (Phi) is 4.83. The molecule has 1 aliphatic carbocycles. The van der Waals surface area contributed by atoms with E-state index in [1.807, 2.05) is 10.7 Å². The average Bonchev–Trinajstić information content (AvgIpc) is 3.58. The smallest absolute Gasteiger partial charge is 0.225 e. The van der Waals surface area contributed by atoms with Crippen LogP contribution in [0.1, 0.15) is 19.3 Å². The molecular formula is C22H25N9O2. The van der Waals surface area contributed by atoms with Crippen LogP contribution in [0.2, 0.25) is 0 Å². The fourth-order valence-corrected chi connectivity index (χ4v) is 4.62. The molecule has 1 fully saturated rings. The maximum atomic E-state index is 11.5. The van der Waals surface area contributed by atoms with Crippen molar-refractivity contribution in [2.24, 2.45) is 0 Å². The number of anilines is 1. The highest BCUT2D eigenvalue weighted by molar-refractivity contribution is 5.90. The van der Waals surface area contributed by atoms with Crippen LogP contribution in [0.4, 0.5) is 5.95 Å². The third kappa shape index (κ3) is 3.63. The lowest BCUT2D eigenvalue weighted by Gasteiger charge is -2.38. The van der Waals surface area contributed by atoms with Crippen LogP contribution in [0.25, 0.3) is 28.3 Å². The van der Waals surface area contributed by atoms with Crippen LogP contribution in [-0.2, 0) is 11.3 Å². The summed E-state index contributed by atoms with van der Waals surface area (Å²) in [7, 11) is 0. The van der Waals surface area contributed by atoms with E-state index in [1.165, 1.54) is 10.2 Å². The first-order chi connectivity index (χ1) is 16.2. The van der Waals surface area contributed by atoms with Gasteiger partial charge in [0.25, 0.3) is 0 Å². The highest BCUT2D eigenvalue weighted by Crippen LogP contribution is 2.24. The van der Waals surface area contributed by atoms with Crippen molar-refractivity contribution in [2.45, 2.75) is 25.8 Å². The molecule has 11 nitrogen and oxygen atoms in total. The van der Waals surface area contributed by atoms with Crippen LogP contribution < -0.4 is 5.73 Å². The number of hydrogen-bond acceptors (Lipinski definition) is 9. The molecule has 11 heteroatoms. The largest absolute Gasteiger partial charge is 0.461 e. The van der Waals surface area contributed by atoms with Gasteiger partial charge in [0.2, 0.25) is 11.8 Å². The fraction of sp³-hybridized carbons (Fsp3) is 0.409. The van der Waals surface area contributed by atoms with E-state index in [0.717, 1.165) is 44.5 Å². The van der Waals surface area contributed by atoms with Gasteiger partial charge in [-0.2, -0.15) is 14.6 Å². The van der Waals surface area contributed by atoms with Gasteiger partial charge in [0.15, 0.2) is 17.1 Å². The Morgan fingerprint density at radius 1 is 1.06 bits per heavy atom. The number of fused-ring (bicyclic) bond motifs is 3. The van der Waals surface area contributed by atoms with Crippen molar-refractivity contribution in [3.63, 3.8) is 0 Å².